The van der Waals surface area contributed by atoms with Crippen LogP contribution < -0.4 is 5.32 Å². The molecule has 0 atom stereocenters. The molecule has 0 radical (unpaired) electrons. The second-order valence-electron chi connectivity index (χ2n) is 1.35. The molecule has 1 N–H and O–H groups in total. The van der Waals surface area contributed by atoms with Crippen LogP contribution in [0.3, 0.4) is 0 Å². The Morgan fingerprint density at radius 3 is 1.82 bits per heavy atom. The van der Waals surface area contributed by atoms with Gasteiger partial charge in [0.25, 0.3) is 0 Å². The SMILES string of the molecule is CC#N.CC(=O)NC(=O)C#N. The molecule has 2 amide bonds. The summed E-state index contributed by atoms with van der Waals surface area (Å²) in [5, 5.41) is 16.8. The van der Waals surface area contributed by atoms with Crippen molar-refractivity contribution in [2.75, 3.05) is 0 Å². The van der Waals surface area contributed by atoms with E-state index in [2.05, 4.69) is 0 Å². The first-order chi connectivity index (χ1) is 5.08. The third kappa shape index (κ3) is 17.9. The summed E-state index contributed by atoms with van der Waals surface area (Å²) in [5.74, 6) is -1.44. The van der Waals surface area contributed by atoms with Crippen LogP contribution >= 0.6 is 0 Å². The quantitative estimate of drug-likeness (QED) is 0.483. The van der Waals surface area contributed by atoms with Crippen LogP contribution in [0, 0.1) is 22.7 Å². The van der Waals surface area contributed by atoms with E-state index < -0.39 is 11.8 Å². The van der Waals surface area contributed by atoms with Crippen molar-refractivity contribution in [1.29, 1.82) is 10.5 Å². The van der Waals surface area contributed by atoms with Crippen molar-refractivity contribution in [2.24, 2.45) is 0 Å². The highest BCUT2D eigenvalue weighted by molar-refractivity contribution is 6.02. The second kappa shape index (κ2) is 8.12. The van der Waals surface area contributed by atoms with Crippen molar-refractivity contribution >= 4 is 11.8 Å². The summed E-state index contributed by atoms with van der Waals surface area (Å²) in [6.07, 6.45) is 0. The highest BCUT2D eigenvalue weighted by atomic mass is 16.2. The Hall–Kier alpha value is -1.88. The number of amides is 2. The van der Waals surface area contributed by atoms with E-state index >= 15 is 0 Å². The van der Waals surface area contributed by atoms with Gasteiger partial charge in [0.1, 0.15) is 0 Å². The Morgan fingerprint density at radius 2 is 1.73 bits per heavy atom. The Bertz CT molecular complexity index is 221. The minimum absolute atomic E-state index is 0.517. The largest absolute Gasteiger partial charge is 0.328 e. The zero-order valence-corrected chi connectivity index (χ0v) is 6.21. The average Bonchev–Trinajstić information content (AvgIpc) is 1.88. The fraction of sp³-hybridized carbons (Fsp3) is 0.333. The summed E-state index contributed by atoms with van der Waals surface area (Å²) in [6, 6.07) is 2.98. The van der Waals surface area contributed by atoms with Gasteiger partial charge in [0, 0.05) is 13.8 Å². The van der Waals surface area contributed by atoms with Gasteiger partial charge < -0.3 is 0 Å². The zero-order chi connectivity index (χ0) is 9.28. The third-order valence-electron chi connectivity index (χ3n) is 0.391. The molecule has 0 aliphatic rings. The number of nitrogens with zero attached hydrogens (tertiary/aromatic N) is 2. The van der Waals surface area contributed by atoms with E-state index in [0.717, 1.165) is 6.92 Å². The van der Waals surface area contributed by atoms with Gasteiger partial charge >= 0.3 is 5.91 Å². The van der Waals surface area contributed by atoms with Crippen LogP contribution in [0.1, 0.15) is 13.8 Å². The minimum atomic E-state index is -0.919. The molecule has 0 saturated heterocycles. The number of nitriles is 2. The van der Waals surface area contributed by atoms with Gasteiger partial charge in [-0.25, -0.2) is 0 Å². The average molecular weight is 153 g/mol. The fourth-order valence-corrected chi connectivity index (χ4v) is 0.188. The molecule has 0 spiro atoms. The van der Waals surface area contributed by atoms with Crippen molar-refractivity contribution in [1.82, 2.24) is 5.32 Å². The van der Waals surface area contributed by atoms with Crippen LogP contribution in [0.5, 0.6) is 0 Å². The first-order valence-corrected chi connectivity index (χ1v) is 2.61. The molecule has 0 heterocycles. The van der Waals surface area contributed by atoms with Crippen LogP contribution in [0.25, 0.3) is 0 Å². The maximum Gasteiger partial charge on any atom is 0.328 e. The number of nitrogens with one attached hydrogen (secondary N) is 1. The van der Waals surface area contributed by atoms with Gasteiger partial charge in [-0.05, 0) is 0 Å². The number of rotatable bonds is 0. The summed E-state index contributed by atoms with van der Waals surface area (Å²) in [5.41, 5.74) is 0. The van der Waals surface area contributed by atoms with Gasteiger partial charge in [0.15, 0.2) is 6.07 Å². The molecule has 0 unspecified atom stereocenters. The molecular weight excluding hydrogens is 146 g/mol. The number of hydrogen-bond donors (Lipinski definition) is 1. The second-order valence-corrected chi connectivity index (χ2v) is 1.35. The summed E-state index contributed by atoms with van der Waals surface area (Å²) in [7, 11) is 0. The van der Waals surface area contributed by atoms with Crippen LogP contribution in [0.15, 0.2) is 0 Å². The molecule has 58 valence electrons. The molecule has 0 aliphatic heterocycles. The number of imide groups is 1. The lowest BCUT2D eigenvalue weighted by atomic mass is 10.6. The Labute approximate surface area is 64.2 Å². The maximum absolute atomic E-state index is 9.93. The molecule has 5 nitrogen and oxygen atoms in total. The molecule has 0 aromatic carbocycles. The lowest BCUT2D eigenvalue weighted by molar-refractivity contribution is -0.126. The molecule has 0 rings (SSSR count). The molecule has 0 fully saturated rings. The first-order valence-electron chi connectivity index (χ1n) is 2.61. The number of hydrogen-bond acceptors (Lipinski definition) is 4. The van der Waals surface area contributed by atoms with Gasteiger partial charge in [-0.3, -0.25) is 14.9 Å². The van der Waals surface area contributed by atoms with E-state index in [1.807, 2.05) is 0 Å². The van der Waals surface area contributed by atoms with Crippen LogP contribution in [0.2, 0.25) is 0 Å². The zero-order valence-electron chi connectivity index (χ0n) is 6.21. The summed E-state index contributed by atoms with van der Waals surface area (Å²) in [4.78, 5) is 19.9. The van der Waals surface area contributed by atoms with E-state index in [1.54, 1.807) is 11.4 Å². The predicted octanol–water partition coefficient (Wildman–Crippen LogP) is -0.297. The molecule has 0 saturated carbocycles. The van der Waals surface area contributed by atoms with Crippen LogP contribution in [-0.2, 0) is 9.59 Å². The molecule has 0 aromatic rings. The highest BCUT2D eigenvalue weighted by Crippen LogP contribution is 1.59. The maximum atomic E-state index is 9.93. The third-order valence-corrected chi connectivity index (χ3v) is 0.391. The molecule has 5 heteroatoms. The Morgan fingerprint density at radius 1 is 1.36 bits per heavy atom. The van der Waals surface area contributed by atoms with E-state index in [0.29, 0.717) is 0 Å². The molecule has 0 aliphatic carbocycles. The van der Waals surface area contributed by atoms with Crippen molar-refractivity contribution in [3.8, 4) is 12.1 Å². The van der Waals surface area contributed by atoms with Gasteiger partial charge in [-0.15, -0.1) is 0 Å². The van der Waals surface area contributed by atoms with Gasteiger partial charge in [0.2, 0.25) is 5.91 Å². The number of carbonyl (C=O) groups is 2. The van der Waals surface area contributed by atoms with Crippen molar-refractivity contribution in [2.45, 2.75) is 13.8 Å². The lowest BCUT2D eigenvalue weighted by Gasteiger charge is -1.85. The summed E-state index contributed by atoms with van der Waals surface area (Å²) < 4.78 is 0. The molecule has 0 aromatic heterocycles. The first kappa shape index (κ1) is 11.9. The van der Waals surface area contributed by atoms with E-state index in [4.69, 9.17) is 10.5 Å². The van der Waals surface area contributed by atoms with E-state index in [9.17, 15) is 9.59 Å². The smallest absolute Gasteiger partial charge is 0.284 e. The molecule has 0 bridgehead atoms. The van der Waals surface area contributed by atoms with Crippen LogP contribution in [-0.4, -0.2) is 11.8 Å². The lowest BCUT2D eigenvalue weighted by Crippen LogP contribution is -2.25. The standard InChI is InChI=1S/C4H4N2O2.C2H3N/c1-3(7)6-4(8)2-5;1-2-3/h1H3,(H,6,7,8);1H3. The van der Waals surface area contributed by atoms with Crippen molar-refractivity contribution < 1.29 is 9.59 Å². The van der Waals surface area contributed by atoms with Gasteiger partial charge in [-0.1, -0.05) is 0 Å². The molecular formula is C6H7N3O2. The monoisotopic (exact) mass is 153 g/mol. The van der Waals surface area contributed by atoms with Crippen molar-refractivity contribution in [3.05, 3.63) is 0 Å². The Kier molecular flexibility index (Phi) is 8.76. The normalized spacial score (nSPS) is 5.82. The van der Waals surface area contributed by atoms with E-state index in [-0.39, 0.29) is 0 Å². The molecule has 11 heavy (non-hydrogen) atoms. The van der Waals surface area contributed by atoms with Crippen LogP contribution in [0.4, 0.5) is 0 Å². The summed E-state index contributed by atoms with van der Waals surface area (Å²) in [6.45, 7) is 2.59. The topological polar surface area (TPSA) is 93.8 Å². The van der Waals surface area contributed by atoms with Gasteiger partial charge in [0.05, 0.1) is 6.07 Å². The number of carbonyl (C=O) groups excluding carboxylic acids is 2. The van der Waals surface area contributed by atoms with E-state index in [1.165, 1.54) is 13.0 Å². The summed E-state index contributed by atoms with van der Waals surface area (Å²) >= 11 is 0. The van der Waals surface area contributed by atoms with Gasteiger partial charge in [-0.2, -0.15) is 10.5 Å². The fourth-order valence-electron chi connectivity index (χ4n) is 0.188. The highest BCUT2D eigenvalue weighted by Gasteiger charge is 1.97. The van der Waals surface area contributed by atoms with Crippen molar-refractivity contribution in [3.63, 3.8) is 0 Å². The minimum Gasteiger partial charge on any atom is -0.284 e. The predicted molar refractivity (Wildman–Crippen MR) is 35.7 cm³/mol. The Balaban J connectivity index is 0.